The minimum atomic E-state index is -0.124. The number of fused-ring (bicyclic) bond motifs is 1. The lowest BCUT2D eigenvalue weighted by molar-refractivity contribution is 0.0394. The monoisotopic (exact) mass is 168 g/mol. The van der Waals surface area contributed by atoms with Crippen LogP contribution in [0.5, 0.6) is 0 Å². The first kappa shape index (κ1) is 8.55. The third-order valence-electron chi connectivity index (χ3n) is 4.67. The van der Waals surface area contributed by atoms with Gasteiger partial charge in [-0.3, -0.25) is 0 Å². The van der Waals surface area contributed by atoms with Crippen LogP contribution in [-0.2, 0) is 0 Å². The lowest BCUT2D eigenvalue weighted by Crippen LogP contribution is -2.29. The van der Waals surface area contributed by atoms with E-state index < -0.39 is 0 Å². The molecule has 0 spiro atoms. The van der Waals surface area contributed by atoms with Crippen LogP contribution >= 0.6 is 0 Å². The Hall–Kier alpha value is -0.0400. The maximum absolute atomic E-state index is 9.62. The molecular formula is C11H20O. The van der Waals surface area contributed by atoms with Crippen molar-refractivity contribution >= 4 is 0 Å². The molecule has 2 aliphatic rings. The fraction of sp³-hybridized carbons (Fsp3) is 1.00. The summed E-state index contributed by atoms with van der Waals surface area (Å²) in [5, 5.41) is 9.62. The quantitative estimate of drug-likeness (QED) is 0.637. The van der Waals surface area contributed by atoms with E-state index in [1.807, 2.05) is 6.92 Å². The molecule has 0 saturated heterocycles. The average Bonchev–Trinajstić information content (AvgIpc) is 2.38. The van der Waals surface area contributed by atoms with E-state index in [2.05, 4.69) is 20.8 Å². The molecule has 1 N–H and O–H groups in total. The summed E-state index contributed by atoms with van der Waals surface area (Å²) in [5.41, 5.74) is 0.819. The van der Waals surface area contributed by atoms with Gasteiger partial charge in [0.25, 0.3) is 0 Å². The highest BCUT2D eigenvalue weighted by molar-refractivity contribution is 5.14. The largest absolute Gasteiger partial charge is 0.393 e. The third kappa shape index (κ3) is 0.891. The van der Waals surface area contributed by atoms with Crippen LogP contribution in [0.2, 0.25) is 0 Å². The zero-order chi connectivity index (χ0) is 9.15. The second-order valence-corrected chi connectivity index (χ2v) is 5.77. The fourth-order valence-electron chi connectivity index (χ4n) is 3.10. The number of aliphatic hydroxyl groups excluding tert-OH is 1. The van der Waals surface area contributed by atoms with Crippen molar-refractivity contribution in [2.45, 2.75) is 46.6 Å². The second-order valence-electron chi connectivity index (χ2n) is 5.77. The molecule has 0 radical (unpaired) electrons. The summed E-state index contributed by atoms with van der Waals surface area (Å²) in [5.74, 6) is 1.80. The predicted molar refractivity (Wildman–Crippen MR) is 49.8 cm³/mol. The normalized spacial score (nSPS) is 51.8. The summed E-state index contributed by atoms with van der Waals surface area (Å²) in [6.45, 7) is 8.91. The number of aliphatic hydroxyl groups is 1. The molecule has 0 aliphatic heterocycles. The summed E-state index contributed by atoms with van der Waals surface area (Å²) in [6.07, 6.45) is 2.35. The van der Waals surface area contributed by atoms with Crippen molar-refractivity contribution in [2.75, 3.05) is 0 Å². The van der Waals surface area contributed by atoms with Crippen LogP contribution in [0.25, 0.3) is 0 Å². The van der Waals surface area contributed by atoms with Crippen LogP contribution in [0.15, 0.2) is 0 Å². The molecule has 0 bridgehead atoms. The fourth-order valence-corrected chi connectivity index (χ4v) is 3.10. The van der Waals surface area contributed by atoms with Crippen molar-refractivity contribution in [3.8, 4) is 0 Å². The molecule has 3 atom stereocenters. The Balaban J connectivity index is 2.06. The summed E-state index contributed by atoms with van der Waals surface area (Å²) < 4.78 is 0. The molecule has 2 saturated carbocycles. The van der Waals surface area contributed by atoms with Gasteiger partial charge >= 0.3 is 0 Å². The van der Waals surface area contributed by atoms with Crippen LogP contribution in [0.1, 0.15) is 40.5 Å². The first-order chi connectivity index (χ1) is 5.38. The van der Waals surface area contributed by atoms with Gasteiger partial charge in [0.1, 0.15) is 0 Å². The van der Waals surface area contributed by atoms with Gasteiger partial charge in [0.15, 0.2) is 0 Å². The maximum Gasteiger partial charge on any atom is 0.0565 e. The molecule has 0 amide bonds. The van der Waals surface area contributed by atoms with Gasteiger partial charge < -0.3 is 5.11 Å². The summed E-state index contributed by atoms with van der Waals surface area (Å²) >= 11 is 0. The van der Waals surface area contributed by atoms with Gasteiger partial charge in [-0.15, -0.1) is 0 Å². The number of hydrogen-bond acceptors (Lipinski definition) is 1. The molecular weight excluding hydrogens is 148 g/mol. The molecule has 12 heavy (non-hydrogen) atoms. The highest BCUT2D eigenvalue weighted by Crippen LogP contribution is 2.71. The zero-order valence-corrected chi connectivity index (χ0v) is 8.59. The van der Waals surface area contributed by atoms with Gasteiger partial charge in [-0.05, 0) is 42.4 Å². The Bertz CT molecular complexity index is 191. The SMILES string of the molecule is CC(O)C1(C)CC2C(C1)C2(C)C. The van der Waals surface area contributed by atoms with Crippen LogP contribution in [0.3, 0.4) is 0 Å². The maximum atomic E-state index is 9.62. The second kappa shape index (κ2) is 2.06. The molecule has 3 unspecified atom stereocenters. The first-order valence-corrected chi connectivity index (χ1v) is 5.06. The molecule has 2 fully saturated rings. The van der Waals surface area contributed by atoms with E-state index >= 15 is 0 Å². The predicted octanol–water partition coefficient (Wildman–Crippen LogP) is 2.44. The van der Waals surface area contributed by atoms with E-state index in [9.17, 15) is 5.11 Å². The lowest BCUT2D eigenvalue weighted by atomic mass is 9.77. The molecule has 1 heteroatoms. The Kier molecular flexibility index (Phi) is 1.47. The standard InChI is InChI=1S/C11H20O/c1-7(12)11(4)5-8-9(6-11)10(8,2)3/h7-9,12H,5-6H2,1-4H3. The lowest BCUT2D eigenvalue weighted by Gasteiger charge is -2.31. The van der Waals surface area contributed by atoms with Crippen LogP contribution in [-0.4, -0.2) is 11.2 Å². The van der Waals surface area contributed by atoms with E-state index in [1.54, 1.807) is 0 Å². The van der Waals surface area contributed by atoms with Gasteiger partial charge in [-0.2, -0.15) is 0 Å². The van der Waals surface area contributed by atoms with Crippen molar-refractivity contribution < 1.29 is 5.11 Å². The summed E-state index contributed by atoms with van der Waals surface area (Å²) in [4.78, 5) is 0. The number of rotatable bonds is 1. The smallest absolute Gasteiger partial charge is 0.0565 e. The van der Waals surface area contributed by atoms with Crippen LogP contribution in [0, 0.1) is 22.7 Å². The van der Waals surface area contributed by atoms with E-state index in [-0.39, 0.29) is 11.5 Å². The van der Waals surface area contributed by atoms with Gasteiger partial charge in [-0.25, -0.2) is 0 Å². The third-order valence-corrected chi connectivity index (χ3v) is 4.67. The summed E-state index contributed by atoms with van der Waals surface area (Å²) in [6, 6.07) is 0. The van der Waals surface area contributed by atoms with E-state index in [0.29, 0.717) is 5.41 Å². The molecule has 0 aromatic carbocycles. The Morgan fingerprint density at radius 1 is 1.17 bits per heavy atom. The Morgan fingerprint density at radius 2 is 1.58 bits per heavy atom. The van der Waals surface area contributed by atoms with Crippen LogP contribution in [0.4, 0.5) is 0 Å². The minimum absolute atomic E-state index is 0.124. The van der Waals surface area contributed by atoms with Gasteiger partial charge in [0.2, 0.25) is 0 Å². The van der Waals surface area contributed by atoms with Gasteiger partial charge in [0.05, 0.1) is 6.10 Å². The van der Waals surface area contributed by atoms with Gasteiger partial charge in [-0.1, -0.05) is 20.8 Å². The van der Waals surface area contributed by atoms with E-state index in [0.717, 1.165) is 11.8 Å². The van der Waals surface area contributed by atoms with Crippen molar-refractivity contribution in [1.82, 2.24) is 0 Å². The van der Waals surface area contributed by atoms with Crippen molar-refractivity contribution in [1.29, 1.82) is 0 Å². The molecule has 70 valence electrons. The first-order valence-electron chi connectivity index (χ1n) is 5.06. The Morgan fingerprint density at radius 3 is 1.92 bits per heavy atom. The minimum Gasteiger partial charge on any atom is -0.393 e. The molecule has 0 aromatic heterocycles. The van der Waals surface area contributed by atoms with E-state index in [4.69, 9.17) is 0 Å². The number of hydrogen-bond donors (Lipinski definition) is 1. The molecule has 2 rings (SSSR count). The molecule has 0 aromatic rings. The topological polar surface area (TPSA) is 20.2 Å². The van der Waals surface area contributed by atoms with Crippen molar-refractivity contribution in [2.24, 2.45) is 22.7 Å². The zero-order valence-electron chi connectivity index (χ0n) is 8.59. The highest BCUT2D eigenvalue weighted by Gasteiger charge is 2.65. The molecule has 0 heterocycles. The van der Waals surface area contributed by atoms with Crippen molar-refractivity contribution in [3.05, 3.63) is 0 Å². The van der Waals surface area contributed by atoms with Crippen molar-refractivity contribution in [3.63, 3.8) is 0 Å². The van der Waals surface area contributed by atoms with Gasteiger partial charge in [0, 0.05) is 0 Å². The molecule has 2 aliphatic carbocycles. The molecule has 1 nitrogen and oxygen atoms in total. The van der Waals surface area contributed by atoms with Crippen LogP contribution < -0.4 is 0 Å². The summed E-state index contributed by atoms with van der Waals surface area (Å²) in [7, 11) is 0. The van der Waals surface area contributed by atoms with E-state index in [1.165, 1.54) is 12.8 Å². The average molecular weight is 168 g/mol. The highest BCUT2D eigenvalue weighted by atomic mass is 16.3. The Labute approximate surface area is 75.2 Å².